The molecular formula is C76H144O16. The SMILES string of the molecule is C.C.C.C.C.C.C.C.CCC(C)(C)C(=O)OCC(=O)OC1(C)CCCCC1.CCC(C)C(=O)OCC(=O)OC1(C)C2CC3CC(C2)CC1C3.CCC(C)C(=O)OCC(=O)OC1(CC)C2CC3CC(C2)CC1C3.CCC1(OC(=O)COC(=O)C(C)(C)CC)CCCCC1. The summed E-state index contributed by atoms with van der Waals surface area (Å²) in [6.07, 6.45) is 27.3. The Morgan fingerprint density at radius 3 is 1.04 bits per heavy atom. The van der Waals surface area contributed by atoms with Crippen molar-refractivity contribution in [3.8, 4) is 0 Å². The Hall–Kier alpha value is -4.24. The summed E-state index contributed by atoms with van der Waals surface area (Å²) >= 11 is 0. The number of carbonyl (C=O) groups excluding carboxylic acids is 8. The van der Waals surface area contributed by atoms with Crippen LogP contribution in [0.1, 0.15) is 323 Å². The third kappa shape index (κ3) is 25.4. The minimum atomic E-state index is -0.548. The van der Waals surface area contributed by atoms with E-state index in [2.05, 4.69) is 13.8 Å². The zero-order chi connectivity index (χ0) is 62.3. The van der Waals surface area contributed by atoms with E-state index in [1.807, 2.05) is 83.1 Å². The first-order chi connectivity index (χ1) is 39.5. The second-order valence-electron chi connectivity index (χ2n) is 28.6. The Kier molecular flexibility index (Phi) is 42.6. The van der Waals surface area contributed by atoms with Crippen LogP contribution in [0.5, 0.6) is 0 Å². The van der Waals surface area contributed by atoms with Crippen LogP contribution in [-0.4, -0.2) is 96.6 Å². The average Bonchev–Trinajstić information content (AvgIpc) is 0.741. The van der Waals surface area contributed by atoms with E-state index in [1.165, 1.54) is 77.0 Å². The van der Waals surface area contributed by atoms with Crippen LogP contribution in [0.4, 0.5) is 0 Å². The van der Waals surface area contributed by atoms with Crippen molar-refractivity contribution in [2.24, 2.45) is 70.0 Å². The predicted octanol–water partition coefficient (Wildman–Crippen LogP) is 19.0. The van der Waals surface area contributed by atoms with Gasteiger partial charge in [-0.1, -0.05) is 128 Å². The summed E-state index contributed by atoms with van der Waals surface area (Å²) in [5.74, 6) is 2.16. The van der Waals surface area contributed by atoms with Crippen LogP contribution in [-0.2, 0) is 76.3 Å². The minimum absolute atomic E-state index is 0. The van der Waals surface area contributed by atoms with Gasteiger partial charge in [-0.2, -0.15) is 0 Å². The standard InChI is InChI=1S/C19H30O4.C18H28O4.C16H28O4.C15H26O4.8CH4/c1-4-12(3)18(21)22-11-17(20)23-19(5-2)15-7-13-6-14(9-15)10-16(19)8-13;1-4-11(2)17(20)21-10-16(19)22-18(3)14-6-12-5-13(8-14)9-15(18)7-12;1-5-15(3,4)14(18)19-12-13(17)20-16(6-2)10-8-7-9-11-16;1-5-14(2,3)13(17)18-11-12(16)19-15(4)9-7-6-8-10-15;;;;;;;;/h12-16H,4-11H2,1-3H3;11-15H,4-10H2,1-3H3;5-12H2,1-4H3;5-11H2,1-4H3;8*1H4. The molecule has 16 heteroatoms. The number of hydrogen-bond donors (Lipinski definition) is 0. The molecule has 10 saturated carbocycles. The predicted molar refractivity (Wildman–Crippen MR) is 372 cm³/mol. The number of ether oxygens (including phenoxy) is 8. The molecule has 0 aromatic rings. The molecule has 0 heterocycles. The number of hydrogen-bond acceptors (Lipinski definition) is 16. The lowest BCUT2D eigenvalue weighted by Crippen LogP contribution is -2.59. The average molecular weight is 1310 g/mol. The van der Waals surface area contributed by atoms with Gasteiger partial charge in [-0.05, 0) is 243 Å². The van der Waals surface area contributed by atoms with Gasteiger partial charge in [0.25, 0.3) is 0 Å². The molecule has 0 aromatic heterocycles. The van der Waals surface area contributed by atoms with Crippen molar-refractivity contribution in [3.05, 3.63) is 0 Å². The summed E-state index contributed by atoms with van der Waals surface area (Å²) in [5.41, 5.74) is -2.44. The lowest BCUT2D eigenvalue weighted by atomic mass is 9.49. The summed E-state index contributed by atoms with van der Waals surface area (Å²) in [6, 6.07) is 0. The van der Waals surface area contributed by atoms with Gasteiger partial charge in [0.2, 0.25) is 0 Å². The van der Waals surface area contributed by atoms with E-state index in [4.69, 9.17) is 37.9 Å². The Morgan fingerprint density at radius 2 is 0.707 bits per heavy atom. The van der Waals surface area contributed by atoms with Gasteiger partial charge in [-0.3, -0.25) is 19.2 Å². The molecule has 0 N–H and O–H groups in total. The van der Waals surface area contributed by atoms with E-state index in [1.54, 1.807) is 0 Å². The van der Waals surface area contributed by atoms with Crippen molar-refractivity contribution < 1.29 is 76.3 Å². The molecular weight excluding hydrogens is 1170 g/mol. The second-order valence-corrected chi connectivity index (χ2v) is 28.6. The molecule has 0 radical (unpaired) electrons. The monoisotopic (exact) mass is 1310 g/mol. The molecule has 2 unspecified atom stereocenters. The molecule has 2 atom stereocenters. The van der Waals surface area contributed by atoms with Crippen molar-refractivity contribution >= 4 is 47.8 Å². The van der Waals surface area contributed by atoms with E-state index in [9.17, 15) is 38.4 Å². The summed E-state index contributed by atoms with van der Waals surface area (Å²) in [5, 5.41) is 0. The Balaban J connectivity index is -0.000000547. The van der Waals surface area contributed by atoms with Gasteiger partial charge < -0.3 is 37.9 Å². The Bertz CT molecular complexity index is 2140. The van der Waals surface area contributed by atoms with Crippen LogP contribution in [0.25, 0.3) is 0 Å². The largest absolute Gasteiger partial charge is 0.457 e. The van der Waals surface area contributed by atoms with Gasteiger partial charge in [0.15, 0.2) is 26.4 Å². The molecule has 16 nitrogen and oxygen atoms in total. The maximum atomic E-state index is 12.3. The molecule has 10 fully saturated rings. The van der Waals surface area contributed by atoms with Crippen LogP contribution in [0, 0.1) is 70.0 Å². The van der Waals surface area contributed by atoms with E-state index < -0.39 is 22.8 Å². The van der Waals surface area contributed by atoms with Crippen LogP contribution >= 0.6 is 0 Å². The van der Waals surface area contributed by atoms with E-state index in [0.29, 0.717) is 36.5 Å². The Labute approximate surface area is 563 Å². The highest BCUT2D eigenvalue weighted by molar-refractivity contribution is 5.81. The summed E-state index contributed by atoms with van der Waals surface area (Å²) in [4.78, 5) is 95.1. The maximum Gasteiger partial charge on any atom is 0.344 e. The summed E-state index contributed by atoms with van der Waals surface area (Å²) < 4.78 is 43.3. The van der Waals surface area contributed by atoms with Gasteiger partial charge in [0, 0.05) is 0 Å². The second kappa shape index (κ2) is 41.7. The molecule has 0 spiro atoms. The molecule has 0 amide bonds. The molecule has 0 aromatic carbocycles. The third-order valence-electron chi connectivity index (χ3n) is 21.7. The van der Waals surface area contributed by atoms with Gasteiger partial charge in [0.1, 0.15) is 22.4 Å². The molecule has 8 bridgehead atoms. The van der Waals surface area contributed by atoms with Crippen molar-refractivity contribution in [2.45, 2.75) is 346 Å². The maximum absolute atomic E-state index is 12.3. The van der Waals surface area contributed by atoms with E-state index >= 15 is 0 Å². The van der Waals surface area contributed by atoms with Crippen molar-refractivity contribution in [3.63, 3.8) is 0 Å². The van der Waals surface area contributed by atoms with Crippen LogP contribution < -0.4 is 0 Å². The fraction of sp³-hybridized carbons (Fsp3) is 0.895. The molecule has 0 saturated heterocycles. The van der Waals surface area contributed by atoms with E-state index in [-0.39, 0.29) is 156 Å². The van der Waals surface area contributed by atoms with Crippen molar-refractivity contribution in [1.29, 1.82) is 0 Å². The van der Waals surface area contributed by atoms with Gasteiger partial charge in [-0.25, -0.2) is 19.2 Å². The zero-order valence-electron chi connectivity index (χ0n) is 54.5. The van der Waals surface area contributed by atoms with Crippen LogP contribution in [0.15, 0.2) is 0 Å². The first-order valence-electron chi connectivity index (χ1n) is 33.1. The lowest BCUT2D eigenvalue weighted by Gasteiger charge is -2.60. The lowest BCUT2D eigenvalue weighted by molar-refractivity contribution is -0.214. The van der Waals surface area contributed by atoms with E-state index in [0.717, 1.165) is 101 Å². The number of esters is 8. The highest BCUT2D eigenvalue weighted by Gasteiger charge is 2.59. The summed E-state index contributed by atoms with van der Waals surface area (Å²) in [6.45, 7) is 25.8. The van der Waals surface area contributed by atoms with Gasteiger partial charge >= 0.3 is 47.8 Å². The smallest absolute Gasteiger partial charge is 0.344 e. The van der Waals surface area contributed by atoms with Crippen molar-refractivity contribution in [1.82, 2.24) is 0 Å². The quantitative estimate of drug-likeness (QED) is 0.0729. The zero-order valence-corrected chi connectivity index (χ0v) is 54.5. The molecule has 10 aliphatic rings. The van der Waals surface area contributed by atoms with Gasteiger partial charge in [0.05, 0.1) is 22.7 Å². The fourth-order valence-corrected chi connectivity index (χ4v) is 15.1. The topological polar surface area (TPSA) is 210 Å². The molecule has 10 rings (SSSR count). The number of rotatable bonds is 22. The molecule has 92 heavy (non-hydrogen) atoms. The first-order valence-corrected chi connectivity index (χ1v) is 33.1. The minimum Gasteiger partial charge on any atom is -0.457 e. The molecule has 10 aliphatic carbocycles. The third-order valence-corrected chi connectivity index (χ3v) is 21.7. The van der Waals surface area contributed by atoms with Crippen LogP contribution in [0.3, 0.4) is 0 Å². The van der Waals surface area contributed by atoms with Crippen LogP contribution in [0.2, 0.25) is 0 Å². The Morgan fingerprint density at radius 1 is 0.391 bits per heavy atom. The van der Waals surface area contributed by atoms with Crippen molar-refractivity contribution in [2.75, 3.05) is 26.4 Å². The molecule has 0 aliphatic heterocycles. The fourth-order valence-electron chi connectivity index (χ4n) is 15.1. The highest BCUT2D eigenvalue weighted by Crippen LogP contribution is 2.61. The number of carbonyl (C=O) groups is 8. The molecule has 544 valence electrons. The highest BCUT2D eigenvalue weighted by atomic mass is 16.6. The normalized spacial score (nSPS) is 27.3. The van der Waals surface area contributed by atoms with Gasteiger partial charge in [-0.15, -0.1) is 0 Å². The first kappa shape index (κ1) is 94.2. The summed E-state index contributed by atoms with van der Waals surface area (Å²) in [7, 11) is 0.